The van der Waals surface area contributed by atoms with Crippen LogP contribution < -0.4 is 10.5 Å². The molecule has 1 radical (unpaired) electrons. The van der Waals surface area contributed by atoms with Crippen LogP contribution in [0.25, 0.3) is 22.3 Å². The van der Waals surface area contributed by atoms with Gasteiger partial charge in [-0.1, -0.05) is 25.1 Å². The maximum Gasteiger partial charge on any atom is 0.210 e. The van der Waals surface area contributed by atoms with Gasteiger partial charge in [0.25, 0.3) is 0 Å². The van der Waals surface area contributed by atoms with Crippen molar-refractivity contribution in [2.75, 3.05) is 12.3 Å². The molecule has 1 unspecified atom stereocenters. The molecule has 1 fully saturated rings. The highest BCUT2D eigenvalue weighted by molar-refractivity contribution is 5.98. The first kappa shape index (κ1) is 21.8. The Morgan fingerprint density at radius 3 is 2.74 bits per heavy atom. The predicted octanol–water partition coefficient (Wildman–Crippen LogP) is 4.08. The Balaban J connectivity index is 1.51. The molecule has 0 spiro atoms. The van der Waals surface area contributed by atoms with E-state index >= 15 is 4.39 Å². The summed E-state index contributed by atoms with van der Waals surface area (Å²) in [7, 11) is 0. The largest absolute Gasteiger partial charge is 0.457 e. The van der Waals surface area contributed by atoms with Crippen LogP contribution in [-0.4, -0.2) is 43.6 Å². The molecule has 5 rings (SSSR count). The first-order valence-electron chi connectivity index (χ1n) is 11.1. The number of hydrogen-bond donors (Lipinski definition) is 1. The smallest absolute Gasteiger partial charge is 0.210 e. The number of nitrogen functional groups attached to an aromatic ring is 1. The number of anilines is 1. The van der Waals surface area contributed by atoms with Gasteiger partial charge in [-0.25, -0.2) is 19.0 Å². The SMILES string of the molecule is [CH2]CC1C[C@H](Cn2nc(-c3ccc(Oc4ccccc4)cc3F)c3c(N)ncnc32)N(C=O)C1. The van der Waals surface area contributed by atoms with Crippen molar-refractivity contribution in [3.63, 3.8) is 0 Å². The number of nitrogens with zero attached hydrogens (tertiary/aromatic N) is 5. The Morgan fingerprint density at radius 1 is 1.18 bits per heavy atom. The number of rotatable bonds is 7. The predicted molar refractivity (Wildman–Crippen MR) is 126 cm³/mol. The lowest BCUT2D eigenvalue weighted by Gasteiger charge is -2.19. The van der Waals surface area contributed by atoms with Crippen molar-refractivity contribution < 1.29 is 13.9 Å². The molecule has 0 saturated carbocycles. The van der Waals surface area contributed by atoms with Crippen molar-refractivity contribution in [2.45, 2.75) is 25.4 Å². The van der Waals surface area contributed by atoms with Gasteiger partial charge in [0.2, 0.25) is 6.41 Å². The van der Waals surface area contributed by atoms with Crippen LogP contribution in [0.15, 0.2) is 54.9 Å². The summed E-state index contributed by atoms with van der Waals surface area (Å²) in [6.45, 7) is 5.05. The van der Waals surface area contributed by atoms with Gasteiger partial charge in [0.15, 0.2) is 5.65 Å². The lowest BCUT2D eigenvalue weighted by atomic mass is 10.0. The first-order chi connectivity index (χ1) is 16.6. The maximum absolute atomic E-state index is 15.3. The van der Waals surface area contributed by atoms with Gasteiger partial charge in [0.1, 0.15) is 35.2 Å². The molecule has 2 N–H and O–H groups in total. The Hall–Kier alpha value is -4.01. The van der Waals surface area contributed by atoms with E-state index in [2.05, 4.69) is 22.0 Å². The Morgan fingerprint density at radius 2 is 2.00 bits per heavy atom. The summed E-state index contributed by atoms with van der Waals surface area (Å²) in [5.74, 6) is 1.03. The lowest BCUT2D eigenvalue weighted by Crippen LogP contribution is -2.32. The normalized spacial score (nSPS) is 17.9. The van der Waals surface area contributed by atoms with Crippen molar-refractivity contribution >= 4 is 23.3 Å². The fourth-order valence-electron chi connectivity index (χ4n) is 4.48. The molecule has 1 saturated heterocycles. The molecule has 2 aromatic heterocycles. The second-order valence-electron chi connectivity index (χ2n) is 8.39. The second-order valence-corrected chi connectivity index (χ2v) is 8.39. The zero-order chi connectivity index (χ0) is 23.7. The van der Waals surface area contributed by atoms with Crippen molar-refractivity contribution in [3.05, 3.63) is 67.6 Å². The van der Waals surface area contributed by atoms with E-state index in [-0.39, 0.29) is 17.4 Å². The van der Waals surface area contributed by atoms with E-state index < -0.39 is 5.82 Å². The van der Waals surface area contributed by atoms with E-state index in [4.69, 9.17) is 10.5 Å². The number of halogens is 1. The van der Waals surface area contributed by atoms with Gasteiger partial charge >= 0.3 is 0 Å². The highest BCUT2D eigenvalue weighted by Gasteiger charge is 2.31. The Bertz CT molecular complexity index is 1330. The third-order valence-corrected chi connectivity index (χ3v) is 6.20. The number of likely N-dealkylation sites (tertiary alicyclic amines) is 1. The van der Waals surface area contributed by atoms with Gasteiger partial charge in [0.05, 0.1) is 18.0 Å². The highest BCUT2D eigenvalue weighted by Crippen LogP contribution is 2.35. The standard InChI is InChI=1S/C25H24FN6O2/c1-2-16-10-17(31(12-16)15-33)13-32-25-22(24(27)28-14-29-25)23(30-32)20-9-8-19(11-21(20)26)34-18-6-4-3-5-7-18/h3-9,11,14-17H,1-2,10,12-13H2,(H2,27,28,29)/t16?,17-/m1/s1. The van der Waals surface area contributed by atoms with Gasteiger partial charge in [0, 0.05) is 18.2 Å². The summed E-state index contributed by atoms with van der Waals surface area (Å²) in [6, 6.07) is 13.7. The zero-order valence-electron chi connectivity index (χ0n) is 18.5. The summed E-state index contributed by atoms with van der Waals surface area (Å²) in [5, 5.41) is 5.15. The van der Waals surface area contributed by atoms with Crippen molar-refractivity contribution in [1.82, 2.24) is 24.6 Å². The van der Waals surface area contributed by atoms with E-state index in [1.807, 2.05) is 18.2 Å². The zero-order valence-corrected chi connectivity index (χ0v) is 18.5. The summed E-state index contributed by atoms with van der Waals surface area (Å²) in [4.78, 5) is 21.8. The molecule has 4 aromatic rings. The molecular formula is C25H24FN6O2. The fraction of sp³-hybridized carbons (Fsp3) is 0.240. The minimum atomic E-state index is -0.504. The van der Waals surface area contributed by atoms with Crippen molar-refractivity contribution in [1.29, 1.82) is 0 Å². The van der Waals surface area contributed by atoms with Crippen LogP contribution in [-0.2, 0) is 11.3 Å². The first-order valence-corrected chi connectivity index (χ1v) is 11.1. The van der Waals surface area contributed by atoms with Gasteiger partial charge in [-0.15, -0.1) is 0 Å². The molecule has 1 aliphatic heterocycles. The molecule has 8 nitrogen and oxygen atoms in total. The molecule has 0 aliphatic carbocycles. The average molecular weight is 460 g/mol. The summed E-state index contributed by atoms with van der Waals surface area (Å²) in [5.41, 5.74) is 7.28. The van der Waals surface area contributed by atoms with Crippen molar-refractivity contribution in [2.24, 2.45) is 5.92 Å². The van der Waals surface area contributed by atoms with Gasteiger partial charge < -0.3 is 15.4 Å². The van der Waals surface area contributed by atoms with E-state index in [9.17, 15) is 4.79 Å². The van der Waals surface area contributed by atoms with Crippen LogP contribution in [0.3, 0.4) is 0 Å². The minimum absolute atomic E-state index is 0.0529. The fourth-order valence-corrected chi connectivity index (χ4v) is 4.48. The third-order valence-electron chi connectivity index (χ3n) is 6.20. The molecule has 3 heterocycles. The van der Waals surface area contributed by atoms with Crippen LogP contribution in [0.5, 0.6) is 11.5 Å². The number of carbonyl (C=O) groups excluding carboxylic acids is 1. The van der Waals surface area contributed by atoms with Crippen LogP contribution in [0.4, 0.5) is 10.2 Å². The van der Waals surface area contributed by atoms with Gasteiger partial charge in [-0.05, 0) is 43.0 Å². The molecule has 9 heteroatoms. The molecule has 2 atom stereocenters. The van der Waals surface area contributed by atoms with Crippen LogP contribution in [0, 0.1) is 18.7 Å². The minimum Gasteiger partial charge on any atom is -0.457 e. The number of hydrogen-bond acceptors (Lipinski definition) is 6. The summed E-state index contributed by atoms with van der Waals surface area (Å²) in [6.07, 6.45) is 3.79. The summed E-state index contributed by atoms with van der Waals surface area (Å²) < 4.78 is 22.7. The van der Waals surface area contributed by atoms with Gasteiger partial charge in [-0.3, -0.25) is 4.79 Å². The Kier molecular flexibility index (Phi) is 5.83. The van der Waals surface area contributed by atoms with E-state index in [0.29, 0.717) is 47.2 Å². The van der Waals surface area contributed by atoms with E-state index in [1.54, 1.807) is 33.8 Å². The highest BCUT2D eigenvalue weighted by atomic mass is 19.1. The monoisotopic (exact) mass is 459 g/mol. The van der Waals surface area contributed by atoms with Crippen LogP contribution >= 0.6 is 0 Å². The topological polar surface area (TPSA) is 99.2 Å². The second kappa shape index (κ2) is 9.09. The number of para-hydroxylation sites is 1. The molecule has 1 amide bonds. The third kappa shape index (κ3) is 4.05. The van der Waals surface area contributed by atoms with Crippen molar-refractivity contribution in [3.8, 4) is 22.8 Å². The molecule has 34 heavy (non-hydrogen) atoms. The maximum atomic E-state index is 15.3. The molecule has 173 valence electrons. The number of ether oxygens (including phenoxy) is 1. The molecule has 1 aliphatic rings. The Labute approximate surface area is 196 Å². The van der Waals surface area contributed by atoms with E-state index in [0.717, 1.165) is 19.3 Å². The number of nitrogens with two attached hydrogens (primary N) is 1. The van der Waals surface area contributed by atoms with E-state index in [1.165, 1.54) is 12.4 Å². The molecule has 0 bridgehead atoms. The number of aromatic nitrogens is 4. The number of fused-ring (bicyclic) bond motifs is 1. The van der Waals surface area contributed by atoms with Crippen LogP contribution in [0.2, 0.25) is 0 Å². The lowest BCUT2D eigenvalue weighted by molar-refractivity contribution is -0.119. The number of amides is 1. The number of carbonyl (C=O) groups is 1. The molecular weight excluding hydrogens is 435 g/mol. The quantitative estimate of drug-likeness (QED) is 0.418. The molecule has 2 aromatic carbocycles. The van der Waals surface area contributed by atoms with Crippen LogP contribution in [0.1, 0.15) is 12.8 Å². The summed E-state index contributed by atoms with van der Waals surface area (Å²) >= 11 is 0. The number of benzene rings is 2. The van der Waals surface area contributed by atoms with Gasteiger partial charge in [-0.2, -0.15) is 5.10 Å². The average Bonchev–Trinajstić information content (AvgIpc) is 3.42.